The number of nitrogens with one attached hydrogen (secondary N) is 1. The third-order valence-electron chi connectivity index (χ3n) is 2.80. The highest BCUT2D eigenvalue weighted by molar-refractivity contribution is 7.16. The van der Waals surface area contributed by atoms with Crippen LogP contribution >= 0.6 is 11.3 Å². The summed E-state index contributed by atoms with van der Waals surface area (Å²) in [7, 11) is 0. The van der Waals surface area contributed by atoms with E-state index in [1.54, 1.807) is 17.5 Å². The number of fused-ring (bicyclic) bond motifs is 1. The fourth-order valence-corrected chi connectivity index (χ4v) is 2.75. The zero-order valence-corrected chi connectivity index (χ0v) is 11.4. The number of pyridine rings is 1. The maximum absolute atomic E-state index is 4.61. The van der Waals surface area contributed by atoms with Gasteiger partial charge in [-0.2, -0.15) is 0 Å². The summed E-state index contributed by atoms with van der Waals surface area (Å²) in [6.07, 6.45) is 4.34. The Morgan fingerprint density at radius 3 is 3.00 bits per heavy atom. The van der Waals surface area contributed by atoms with E-state index in [0.717, 1.165) is 34.0 Å². The van der Waals surface area contributed by atoms with Gasteiger partial charge < -0.3 is 5.32 Å². The van der Waals surface area contributed by atoms with Crippen molar-refractivity contribution >= 4 is 27.4 Å². The molecule has 0 unspecified atom stereocenters. The summed E-state index contributed by atoms with van der Waals surface area (Å²) in [6, 6.07) is 6.04. The van der Waals surface area contributed by atoms with E-state index >= 15 is 0 Å². The second-order valence-electron chi connectivity index (χ2n) is 4.20. The average molecular weight is 270 g/mol. The number of aromatic nitrogens is 3. The topological polar surface area (TPSA) is 50.7 Å². The first-order valence-electron chi connectivity index (χ1n) is 6.23. The van der Waals surface area contributed by atoms with Crippen molar-refractivity contribution in [1.29, 1.82) is 0 Å². The van der Waals surface area contributed by atoms with Gasteiger partial charge in [0.2, 0.25) is 0 Å². The van der Waals surface area contributed by atoms with Gasteiger partial charge in [-0.05, 0) is 30.0 Å². The van der Waals surface area contributed by atoms with Gasteiger partial charge in [-0.15, -0.1) is 11.3 Å². The summed E-state index contributed by atoms with van der Waals surface area (Å²) >= 11 is 1.65. The monoisotopic (exact) mass is 270 g/mol. The number of hydrogen-bond donors (Lipinski definition) is 1. The predicted molar refractivity (Wildman–Crippen MR) is 78.6 cm³/mol. The lowest BCUT2D eigenvalue weighted by Gasteiger charge is -2.07. The molecule has 0 aromatic carbocycles. The van der Waals surface area contributed by atoms with Crippen LogP contribution in [0.4, 0.5) is 5.82 Å². The molecule has 0 amide bonds. The standard InChI is InChI=1S/C14H14N4S/c1-2-16-13-11-5-7-19-14(11)18-12(17-13)8-10-4-3-6-15-9-10/h3-7,9H,2,8H2,1H3,(H,16,17,18). The second-order valence-corrected chi connectivity index (χ2v) is 5.09. The molecular formula is C14H14N4S. The van der Waals surface area contributed by atoms with Gasteiger partial charge >= 0.3 is 0 Å². The molecule has 1 N–H and O–H groups in total. The molecule has 96 valence electrons. The highest BCUT2D eigenvalue weighted by atomic mass is 32.1. The Kier molecular flexibility index (Phi) is 3.37. The summed E-state index contributed by atoms with van der Waals surface area (Å²) in [5, 5.41) is 6.45. The van der Waals surface area contributed by atoms with E-state index in [4.69, 9.17) is 0 Å². The van der Waals surface area contributed by atoms with Crippen molar-refractivity contribution in [1.82, 2.24) is 15.0 Å². The van der Waals surface area contributed by atoms with Crippen LogP contribution in [0.5, 0.6) is 0 Å². The smallest absolute Gasteiger partial charge is 0.138 e. The van der Waals surface area contributed by atoms with Crippen LogP contribution in [0.2, 0.25) is 0 Å². The molecular weight excluding hydrogens is 256 g/mol. The van der Waals surface area contributed by atoms with Crippen LogP contribution in [0.1, 0.15) is 18.3 Å². The van der Waals surface area contributed by atoms with Gasteiger partial charge in [0.25, 0.3) is 0 Å². The minimum Gasteiger partial charge on any atom is -0.370 e. The van der Waals surface area contributed by atoms with Crippen molar-refractivity contribution in [2.24, 2.45) is 0 Å². The summed E-state index contributed by atoms with van der Waals surface area (Å²) in [5.74, 6) is 1.76. The Morgan fingerprint density at radius 2 is 2.21 bits per heavy atom. The van der Waals surface area contributed by atoms with Crippen LogP contribution in [-0.2, 0) is 6.42 Å². The van der Waals surface area contributed by atoms with Crippen molar-refractivity contribution in [2.45, 2.75) is 13.3 Å². The van der Waals surface area contributed by atoms with Crippen LogP contribution in [0.25, 0.3) is 10.2 Å². The van der Waals surface area contributed by atoms with Crippen LogP contribution < -0.4 is 5.32 Å². The fourth-order valence-electron chi connectivity index (χ4n) is 1.97. The van der Waals surface area contributed by atoms with Gasteiger partial charge in [-0.25, -0.2) is 9.97 Å². The van der Waals surface area contributed by atoms with E-state index in [1.807, 2.05) is 23.7 Å². The Labute approximate surface area is 115 Å². The third kappa shape index (κ3) is 2.56. The quantitative estimate of drug-likeness (QED) is 0.791. The Hall–Kier alpha value is -2.01. The fraction of sp³-hybridized carbons (Fsp3) is 0.214. The highest BCUT2D eigenvalue weighted by Gasteiger charge is 2.08. The molecule has 0 fully saturated rings. The maximum Gasteiger partial charge on any atom is 0.138 e. The molecule has 3 heterocycles. The van der Waals surface area contributed by atoms with E-state index in [-0.39, 0.29) is 0 Å². The Balaban J connectivity index is 1.99. The minimum atomic E-state index is 0.708. The van der Waals surface area contributed by atoms with Crippen molar-refractivity contribution in [2.75, 3.05) is 11.9 Å². The second kappa shape index (κ2) is 5.32. The number of thiophene rings is 1. The number of rotatable bonds is 4. The van der Waals surface area contributed by atoms with Gasteiger partial charge in [0.15, 0.2) is 0 Å². The Morgan fingerprint density at radius 1 is 1.26 bits per heavy atom. The summed E-state index contributed by atoms with van der Waals surface area (Å²) in [4.78, 5) is 14.4. The highest BCUT2D eigenvalue weighted by Crippen LogP contribution is 2.25. The molecule has 3 aromatic rings. The predicted octanol–water partition coefficient (Wildman–Crippen LogP) is 3.11. The SMILES string of the molecule is CCNc1nc(Cc2cccnc2)nc2sccc12. The number of hydrogen-bond acceptors (Lipinski definition) is 5. The molecule has 0 aliphatic heterocycles. The molecule has 0 saturated carbocycles. The van der Waals surface area contributed by atoms with E-state index in [0.29, 0.717) is 6.42 Å². The van der Waals surface area contributed by atoms with E-state index in [2.05, 4.69) is 33.3 Å². The molecule has 0 aliphatic carbocycles. The van der Waals surface area contributed by atoms with Crippen LogP contribution in [-0.4, -0.2) is 21.5 Å². The molecule has 19 heavy (non-hydrogen) atoms. The minimum absolute atomic E-state index is 0.708. The van der Waals surface area contributed by atoms with Gasteiger partial charge in [0.05, 0.1) is 5.39 Å². The first-order chi connectivity index (χ1) is 9.36. The van der Waals surface area contributed by atoms with Crippen molar-refractivity contribution in [3.63, 3.8) is 0 Å². The first kappa shape index (κ1) is 12.0. The molecule has 5 heteroatoms. The van der Waals surface area contributed by atoms with Crippen molar-refractivity contribution in [3.05, 3.63) is 47.4 Å². The maximum atomic E-state index is 4.61. The Bertz CT molecular complexity index is 678. The van der Waals surface area contributed by atoms with Gasteiger partial charge in [-0.3, -0.25) is 4.98 Å². The van der Waals surface area contributed by atoms with E-state index in [1.165, 1.54) is 0 Å². The third-order valence-corrected chi connectivity index (χ3v) is 3.61. The van der Waals surface area contributed by atoms with Crippen LogP contribution in [0, 0.1) is 0 Å². The van der Waals surface area contributed by atoms with Gasteiger partial charge in [0.1, 0.15) is 16.5 Å². The summed E-state index contributed by atoms with van der Waals surface area (Å²) in [5.41, 5.74) is 1.13. The lowest BCUT2D eigenvalue weighted by molar-refractivity contribution is 0.982. The lowest BCUT2D eigenvalue weighted by Crippen LogP contribution is -2.04. The zero-order chi connectivity index (χ0) is 13.1. The zero-order valence-electron chi connectivity index (χ0n) is 10.6. The van der Waals surface area contributed by atoms with Crippen LogP contribution in [0.3, 0.4) is 0 Å². The summed E-state index contributed by atoms with van der Waals surface area (Å²) in [6.45, 7) is 2.93. The number of anilines is 1. The van der Waals surface area contributed by atoms with E-state index < -0.39 is 0 Å². The van der Waals surface area contributed by atoms with Gasteiger partial charge in [0, 0.05) is 25.4 Å². The molecule has 0 saturated heterocycles. The molecule has 0 aliphatic rings. The molecule has 0 spiro atoms. The van der Waals surface area contributed by atoms with E-state index in [9.17, 15) is 0 Å². The molecule has 4 nitrogen and oxygen atoms in total. The molecule has 3 aromatic heterocycles. The normalized spacial score (nSPS) is 10.8. The average Bonchev–Trinajstić information content (AvgIpc) is 2.89. The van der Waals surface area contributed by atoms with Crippen molar-refractivity contribution in [3.8, 4) is 0 Å². The molecule has 0 atom stereocenters. The molecule has 0 bridgehead atoms. The number of nitrogens with zero attached hydrogens (tertiary/aromatic N) is 3. The molecule has 0 radical (unpaired) electrons. The first-order valence-corrected chi connectivity index (χ1v) is 7.11. The van der Waals surface area contributed by atoms with Crippen LogP contribution in [0.15, 0.2) is 36.0 Å². The van der Waals surface area contributed by atoms with Gasteiger partial charge in [-0.1, -0.05) is 6.07 Å². The lowest BCUT2D eigenvalue weighted by atomic mass is 10.2. The largest absolute Gasteiger partial charge is 0.370 e. The van der Waals surface area contributed by atoms with Crippen molar-refractivity contribution < 1.29 is 0 Å². The summed E-state index contributed by atoms with van der Waals surface area (Å²) < 4.78 is 0. The molecule has 3 rings (SSSR count).